The predicted octanol–water partition coefficient (Wildman–Crippen LogP) is 4.02. The highest BCUT2D eigenvalue weighted by atomic mass is 35.5. The molecule has 2 aromatic rings. The summed E-state index contributed by atoms with van der Waals surface area (Å²) in [7, 11) is 2.14. The Kier molecular flexibility index (Phi) is 5.12. The maximum Gasteiger partial charge on any atom is 0.0712 e. The van der Waals surface area contributed by atoms with E-state index in [1.807, 2.05) is 12.4 Å². The highest BCUT2D eigenvalue weighted by Gasteiger charge is 2.15. The number of aryl methyl sites for hydroxylation is 2. The van der Waals surface area contributed by atoms with E-state index >= 15 is 0 Å². The van der Waals surface area contributed by atoms with Gasteiger partial charge in [0, 0.05) is 25.5 Å². The number of halogens is 1. The van der Waals surface area contributed by atoms with Gasteiger partial charge in [0.25, 0.3) is 0 Å². The summed E-state index contributed by atoms with van der Waals surface area (Å²) in [5.41, 5.74) is 5.60. The molecule has 0 saturated carbocycles. The van der Waals surface area contributed by atoms with Crippen LogP contribution in [0.2, 0.25) is 0 Å². The first-order valence-corrected chi connectivity index (χ1v) is 8.49. The zero-order chi connectivity index (χ0) is 15.4. The van der Waals surface area contributed by atoms with Crippen molar-refractivity contribution in [2.75, 3.05) is 20.1 Å². The van der Waals surface area contributed by atoms with E-state index in [0.717, 1.165) is 19.5 Å². The van der Waals surface area contributed by atoms with Gasteiger partial charge in [-0.25, -0.2) is 0 Å². The molecule has 0 aliphatic heterocycles. The van der Waals surface area contributed by atoms with Gasteiger partial charge < -0.3 is 4.90 Å². The van der Waals surface area contributed by atoms with Crippen LogP contribution in [0.5, 0.6) is 0 Å². The third-order valence-electron chi connectivity index (χ3n) is 4.49. The molecule has 1 atom stereocenters. The van der Waals surface area contributed by atoms with Crippen molar-refractivity contribution in [3.63, 3.8) is 0 Å². The Morgan fingerprint density at radius 2 is 1.91 bits per heavy atom. The van der Waals surface area contributed by atoms with Crippen molar-refractivity contribution in [3.05, 3.63) is 65.0 Å². The minimum atomic E-state index is 0.0633. The van der Waals surface area contributed by atoms with Crippen molar-refractivity contribution in [2.45, 2.75) is 31.1 Å². The SMILES string of the molecule is CN(CCc1ccncc1)CC(Cl)c1ccc2c(c1)CCC2. The molecular formula is C19H23ClN2. The van der Waals surface area contributed by atoms with E-state index in [1.54, 1.807) is 0 Å². The Labute approximate surface area is 138 Å². The maximum atomic E-state index is 6.63. The minimum absolute atomic E-state index is 0.0633. The third-order valence-corrected chi connectivity index (χ3v) is 4.88. The van der Waals surface area contributed by atoms with Crippen LogP contribution < -0.4 is 0 Å². The molecule has 3 rings (SSSR count). The molecule has 0 N–H and O–H groups in total. The van der Waals surface area contributed by atoms with E-state index < -0.39 is 0 Å². The molecule has 0 radical (unpaired) electrons. The van der Waals surface area contributed by atoms with Crippen molar-refractivity contribution in [2.24, 2.45) is 0 Å². The van der Waals surface area contributed by atoms with Crippen molar-refractivity contribution in [1.29, 1.82) is 0 Å². The van der Waals surface area contributed by atoms with Gasteiger partial charge in [0.1, 0.15) is 0 Å². The molecule has 1 aromatic heterocycles. The van der Waals surface area contributed by atoms with Crippen LogP contribution in [0.3, 0.4) is 0 Å². The van der Waals surface area contributed by atoms with Gasteiger partial charge in [-0.2, -0.15) is 0 Å². The molecule has 0 spiro atoms. The quantitative estimate of drug-likeness (QED) is 0.749. The third kappa shape index (κ3) is 3.88. The summed E-state index contributed by atoms with van der Waals surface area (Å²) in [6.07, 6.45) is 8.47. The largest absolute Gasteiger partial charge is 0.304 e. The molecule has 1 aliphatic carbocycles. The number of nitrogens with zero attached hydrogens (tertiary/aromatic N) is 2. The van der Waals surface area contributed by atoms with Crippen LogP contribution >= 0.6 is 11.6 Å². The lowest BCUT2D eigenvalue weighted by molar-refractivity contribution is 0.338. The molecule has 2 nitrogen and oxygen atoms in total. The van der Waals surface area contributed by atoms with Crippen molar-refractivity contribution >= 4 is 11.6 Å². The van der Waals surface area contributed by atoms with Gasteiger partial charge in [0.2, 0.25) is 0 Å². The first-order chi connectivity index (χ1) is 10.7. The summed E-state index contributed by atoms with van der Waals surface area (Å²) in [5, 5.41) is 0.0633. The van der Waals surface area contributed by atoms with E-state index in [1.165, 1.54) is 41.5 Å². The van der Waals surface area contributed by atoms with E-state index in [-0.39, 0.29) is 5.38 Å². The number of hydrogen-bond donors (Lipinski definition) is 0. The Hall–Kier alpha value is -1.38. The molecule has 0 amide bonds. The fourth-order valence-corrected chi connectivity index (χ4v) is 3.50. The predicted molar refractivity (Wildman–Crippen MR) is 92.5 cm³/mol. The first-order valence-electron chi connectivity index (χ1n) is 8.05. The number of rotatable bonds is 6. The van der Waals surface area contributed by atoms with Crippen LogP contribution in [0.1, 0.15) is 34.1 Å². The van der Waals surface area contributed by atoms with Gasteiger partial charge in [-0.15, -0.1) is 11.6 Å². The summed E-state index contributed by atoms with van der Waals surface area (Å²) in [5.74, 6) is 0. The topological polar surface area (TPSA) is 16.1 Å². The number of hydrogen-bond acceptors (Lipinski definition) is 2. The molecular weight excluding hydrogens is 292 g/mol. The fourth-order valence-electron chi connectivity index (χ4n) is 3.13. The smallest absolute Gasteiger partial charge is 0.0712 e. The van der Waals surface area contributed by atoms with Crippen molar-refractivity contribution < 1.29 is 0 Å². The second-order valence-corrected chi connectivity index (χ2v) is 6.74. The lowest BCUT2D eigenvalue weighted by Crippen LogP contribution is -2.25. The van der Waals surface area contributed by atoms with Gasteiger partial charge in [-0.3, -0.25) is 4.98 Å². The number of benzene rings is 1. The Morgan fingerprint density at radius 3 is 2.73 bits per heavy atom. The number of aromatic nitrogens is 1. The minimum Gasteiger partial charge on any atom is -0.304 e. The van der Waals surface area contributed by atoms with Gasteiger partial charge in [0.15, 0.2) is 0 Å². The molecule has 1 heterocycles. The molecule has 0 fully saturated rings. The normalized spacial score (nSPS) is 15.0. The standard InChI is InChI=1S/C19H23ClN2/c1-22(12-9-15-7-10-21-11-8-15)14-19(20)18-6-5-16-3-2-4-17(16)13-18/h5-8,10-11,13,19H,2-4,9,12,14H2,1H3. The van der Waals surface area contributed by atoms with Gasteiger partial charge in [-0.1, -0.05) is 18.2 Å². The lowest BCUT2D eigenvalue weighted by atomic mass is 10.0. The monoisotopic (exact) mass is 314 g/mol. The lowest BCUT2D eigenvalue weighted by Gasteiger charge is -2.20. The first kappa shape index (κ1) is 15.5. The second-order valence-electron chi connectivity index (χ2n) is 6.22. The maximum absolute atomic E-state index is 6.63. The molecule has 1 aromatic carbocycles. The van der Waals surface area contributed by atoms with Crippen LogP contribution in [0.4, 0.5) is 0 Å². The average Bonchev–Trinajstić information content (AvgIpc) is 3.01. The molecule has 3 heteroatoms. The highest BCUT2D eigenvalue weighted by molar-refractivity contribution is 6.21. The zero-order valence-electron chi connectivity index (χ0n) is 13.1. The van der Waals surface area contributed by atoms with E-state index in [4.69, 9.17) is 11.6 Å². The molecule has 116 valence electrons. The summed E-state index contributed by atoms with van der Waals surface area (Å²) in [6, 6.07) is 10.9. The Morgan fingerprint density at radius 1 is 1.14 bits per heavy atom. The van der Waals surface area contributed by atoms with Crippen LogP contribution in [0.15, 0.2) is 42.7 Å². The van der Waals surface area contributed by atoms with Crippen LogP contribution in [-0.2, 0) is 19.3 Å². The summed E-state index contributed by atoms with van der Waals surface area (Å²) in [6.45, 7) is 1.89. The second kappa shape index (κ2) is 7.26. The Bertz CT molecular complexity index is 612. The van der Waals surface area contributed by atoms with E-state index in [0.29, 0.717) is 0 Å². The van der Waals surface area contributed by atoms with Gasteiger partial charge >= 0.3 is 0 Å². The van der Waals surface area contributed by atoms with Crippen LogP contribution in [-0.4, -0.2) is 30.0 Å². The van der Waals surface area contributed by atoms with Crippen LogP contribution in [0.25, 0.3) is 0 Å². The number of fused-ring (bicyclic) bond motifs is 1. The molecule has 22 heavy (non-hydrogen) atoms. The molecule has 1 aliphatic rings. The Balaban J connectivity index is 1.53. The van der Waals surface area contributed by atoms with Gasteiger partial charge in [-0.05, 0) is 67.1 Å². The van der Waals surface area contributed by atoms with E-state index in [2.05, 4.69) is 47.3 Å². The highest BCUT2D eigenvalue weighted by Crippen LogP contribution is 2.28. The molecule has 1 unspecified atom stereocenters. The summed E-state index contributed by atoms with van der Waals surface area (Å²) < 4.78 is 0. The number of alkyl halides is 1. The molecule has 0 bridgehead atoms. The average molecular weight is 315 g/mol. The zero-order valence-corrected chi connectivity index (χ0v) is 13.9. The van der Waals surface area contributed by atoms with Crippen LogP contribution in [0, 0.1) is 0 Å². The molecule has 0 saturated heterocycles. The summed E-state index contributed by atoms with van der Waals surface area (Å²) in [4.78, 5) is 6.37. The number of pyridine rings is 1. The fraction of sp³-hybridized carbons (Fsp3) is 0.421. The number of likely N-dealkylation sites (N-methyl/N-ethyl adjacent to an activating group) is 1. The summed E-state index contributed by atoms with van der Waals surface area (Å²) >= 11 is 6.63. The van der Waals surface area contributed by atoms with Gasteiger partial charge in [0.05, 0.1) is 5.38 Å². The van der Waals surface area contributed by atoms with Crippen molar-refractivity contribution in [3.8, 4) is 0 Å². The van der Waals surface area contributed by atoms with Crippen molar-refractivity contribution in [1.82, 2.24) is 9.88 Å². The van der Waals surface area contributed by atoms with E-state index in [9.17, 15) is 0 Å².